The average molecular weight is 276 g/mol. The van der Waals surface area contributed by atoms with E-state index in [1.54, 1.807) is 11.7 Å². The first-order valence-corrected chi connectivity index (χ1v) is 6.75. The summed E-state index contributed by atoms with van der Waals surface area (Å²) in [6, 6.07) is 0. The average Bonchev–Trinajstić information content (AvgIpc) is 2.99. The molecule has 3 heterocycles. The number of fused-ring (bicyclic) bond motifs is 1. The molecule has 1 aliphatic heterocycles. The van der Waals surface area contributed by atoms with Gasteiger partial charge in [-0.1, -0.05) is 0 Å². The highest BCUT2D eigenvalue weighted by atomic mass is 32.1. The van der Waals surface area contributed by atoms with Gasteiger partial charge in [-0.15, -0.1) is 11.3 Å². The van der Waals surface area contributed by atoms with E-state index in [2.05, 4.69) is 20.3 Å². The van der Waals surface area contributed by atoms with E-state index in [9.17, 15) is 4.79 Å². The third-order valence-corrected chi connectivity index (χ3v) is 3.74. The van der Waals surface area contributed by atoms with E-state index < -0.39 is 5.97 Å². The molecule has 0 amide bonds. The number of hydrogen-bond donors (Lipinski definition) is 1. The molecule has 0 bridgehead atoms. The van der Waals surface area contributed by atoms with E-state index in [-0.39, 0.29) is 0 Å². The molecule has 0 spiro atoms. The second-order valence-corrected chi connectivity index (χ2v) is 4.99. The Morgan fingerprint density at radius 2 is 2.37 bits per heavy atom. The molecule has 0 saturated carbocycles. The monoisotopic (exact) mass is 276 g/mol. The van der Waals surface area contributed by atoms with Gasteiger partial charge in [0.1, 0.15) is 0 Å². The largest absolute Gasteiger partial charge is 0.464 e. The number of nitrogens with one attached hydrogen (secondary N) is 1. The second-order valence-electron chi connectivity index (χ2n) is 4.11. The maximum atomic E-state index is 11.9. The smallest absolute Gasteiger partial charge is 0.357 e. The minimum Gasteiger partial charge on any atom is -0.464 e. The van der Waals surface area contributed by atoms with Crippen LogP contribution in [0.5, 0.6) is 0 Å². The van der Waals surface area contributed by atoms with Crippen LogP contribution in [0.25, 0.3) is 10.7 Å². The van der Waals surface area contributed by atoms with Crippen LogP contribution in [0.4, 0.5) is 0 Å². The predicted octanol–water partition coefficient (Wildman–Crippen LogP) is 1.03. The molecule has 98 valence electrons. The van der Waals surface area contributed by atoms with E-state index in [0.29, 0.717) is 18.1 Å². The van der Waals surface area contributed by atoms with Gasteiger partial charge in [-0.3, -0.25) is 4.98 Å². The Morgan fingerprint density at radius 3 is 3.11 bits per heavy atom. The third kappa shape index (κ3) is 2.22. The molecule has 7 heteroatoms. The van der Waals surface area contributed by atoms with E-state index in [4.69, 9.17) is 4.74 Å². The van der Waals surface area contributed by atoms with E-state index in [1.807, 2.05) is 0 Å². The molecule has 0 saturated heterocycles. The minimum atomic E-state index is -0.411. The summed E-state index contributed by atoms with van der Waals surface area (Å²) in [5.74, 6) is 0.122. The number of rotatable bonds is 2. The predicted molar refractivity (Wildman–Crippen MR) is 69.9 cm³/mol. The lowest BCUT2D eigenvalue weighted by Crippen LogP contribution is -2.28. The van der Waals surface area contributed by atoms with Gasteiger partial charge in [0.25, 0.3) is 0 Å². The number of esters is 1. The van der Waals surface area contributed by atoms with Gasteiger partial charge < -0.3 is 10.1 Å². The maximum Gasteiger partial charge on any atom is 0.357 e. The van der Waals surface area contributed by atoms with Crippen LogP contribution in [0.3, 0.4) is 0 Å². The molecule has 0 aliphatic carbocycles. The molecule has 19 heavy (non-hydrogen) atoms. The normalized spacial score (nSPS) is 13.9. The minimum absolute atomic E-state index is 0.373. The molecule has 0 fully saturated rings. The Bertz CT molecular complexity index is 612. The summed E-state index contributed by atoms with van der Waals surface area (Å²) in [4.78, 5) is 25.6. The molecule has 0 radical (unpaired) electrons. The number of ether oxygens (including phenoxy) is 1. The topological polar surface area (TPSA) is 77.0 Å². The zero-order valence-electron chi connectivity index (χ0n) is 10.3. The summed E-state index contributed by atoms with van der Waals surface area (Å²) in [7, 11) is 1.37. The summed E-state index contributed by atoms with van der Waals surface area (Å²) in [5, 5.41) is 3.24. The van der Waals surface area contributed by atoms with Crippen molar-refractivity contribution < 1.29 is 9.53 Å². The lowest BCUT2D eigenvalue weighted by molar-refractivity contribution is 0.0592. The van der Waals surface area contributed by atoms with Crippen LogP contribution in [0.2, 0.25) is 0 Å². The fraction of sp³-hybridized carbons (Fsp3) is 0.333. The molecule has 0 aromatic carbocycles. The van der Waals surface area contributed by atoms with Crippen LogP contribution in [0, 0.1) is 0 Å². The zero-order chi connectivity index (χ0) is 13.2. The summed E-state index contributed by atoms with van der Waals surface area (Å²) < 4.78 is 4.81. The van der Waals surface area contributed by atoms with Crippen LogP contribution in [-0.2, 0) is 17.7 Å². The fourth-order valence-electron chi connectivity index (χ4n) is 2.06. The van der Waals surface area contributed by atoms with Crippen LogP contribution >= 0.6 is 11.3 Å². The Labute approximate surface area is 113 Å². The highest BCUT2D eigenvalue weighted by Gasteiger charge is 2.23. The number of thiazole rings is 1. The highest BCUT2D eigenvalue weighted by Crippen LogP contribution is 2.24. The zero-order valence-corrected chi connectivity index (χ0v) is 11.2. The molecule has 6 nitrogen and oxygen atoms in total. The number of methoxy groups -OCH3 is 1. The lowest BCUT2D eigenvalue weighted by Gasteiger charge is -2.18. The van der Waals surface area contributed by atoms with E-state index >= 15 is 0 Å². The van der Waals surface area contributed by atoms with Gasteiger partial charge in [-0.2, -0.15) is 0 Å². The van der Waals surface area contributed by atoms with Crippen molar-refractivity contribution in [3.8, 4) is 10.7 Å². The Hall–Kier alpha value is -1.86. The highest BCUT2D eigenvalue weighted by molar-refractivity contribution is 7.13. The molecule has 2 aromatic rings. The SMILES string of the molecule is COC(=O)c1nc(-c2cncs2)nc2c1CCNC2. The third-order valence-electron chi connectivity index (χ3n) is 2.97. The molecule has 3 rings (SSSR count). The van der Waals surface area contributed by atoms with Crippen molar-refractivity contribution in [2.45, 2.75) is 13.0 Å². The summed E-state index contributed by atoms with van der Waals surface area (Å²) in [6.07, 6.45) is 2.44. The van der Waals surface area contributed by atoms with Crippen molar-refractivity contribution in [2.75, 3.05) is 13.7 Å². The quantitative estimate of drug-likeness (QED) is 0.826. The van der Waals surface area contributed by atoms with Gasteiger partial charge in [-0.05, 0) is 13.0 Å². The maximum absolute atomic E-state index is 11.9. The fourth-order valence-corrected chi connectivity index (χ4v) is 2.62. The number of carbonyl (C=O) groups excluding carboxylic acids is 1. The lowest BCUT2D eigenvalue weighted by atomic mass is 10.0. The second kappa shape index (κ2) is 5.02. The molecular weight excluding hydrogens is 264 g/mol. The van der Waals surface area contributed by atoms with Crippen molar-refractivity contribution in [3.63, 3.8) is 0 Å². The van der Waals surface area contributed by atoms with Gasteiger partial charge in [0.15, 0.2) is 11.5 Å². The van der Waals surface area contributed by atoms with Gasteiger partial charge >= 0.3 is 5.97 Å². The van der Waals surface area contributed by atoms with Gasteiger partial charge in [0.05, 0.1) is 23.2 Å². The Morgan fingerprint density at radius 1 is 1.47 bits per heavy atom. The van der Waals surface area contributed by atoms with Crippen molar-refractivity contribution in [1.82, 2.24) is 20.3 Å². The van der Waals surface area contributed by atoms with Crippen molar-refractivity contribution in [3.05, 3.63) is 28.7 Å². The molecule has 0 unspecified atom stereocenters. The Kier molecular flexibility index (Phi) is 3.22. The summed E-state index contributed by atoms with van der Waals surface area (Å²) in [6.45, 7) is 1.47. The molecular formula is C12H12N4O2S. The molecule has 1 aliphatic rings. The number of nitrogens with zero attached hydrogens (tertiary/aromatic N) is 3. The first kappa shape index (κ1) is 12.2. The summed E-state index contributed by atoms with van der Waals surface area (Å²) >= 11 is 1.45. The van der Waals surface area contributed by atoms with Crippen LogP contribution in [0.1, 0.15) is 21.7 Å². The van der Waals surface area contributed by atoms with Crippen molar-refractivity contribution in [2.24, 2.45) is 0 Å². The van der Waals surface area contributed by atoms with Gasteiger partial charge in [0.2, 0.25) is 0 Å². The first-order chi connectivity index (χ1) is 9.29. The van der Waals surface area contributed by atoms with Gasteiger partial charge in [-0.25, -0.2) is 14.8 Å². The van der Waals surface area contributed by atoms with Crippen molar-refractivity contribution >= 4 is 17.3 Å². The van der Waals surface area contributed by atoms with E-state index in [1.165, 1.54) is 18.4 Å². The standard InChI is InChI=1S/C12H12N4O2S/c1-18-12(17)10-7-2-3-13-4-8(7)15-11(16-10)9-5-14-6-19-9/h5-6,13H,2-4H2,1H3. The van der Waals surface area contributed by atoms with Crippen molar-refractivity contribution in [1.29, 1.82) is 0 Å². The number of aromatic nitrogens is 3. The molecule has 2 aromatic heterocycles. The number of carbonyl (C=O) groups is 1. The first-order valence-electron chi connectivity index (χ1n) is 5.87. The molecule has 0 atom stereocenters. The Balaban J connectivity index is 2.16. The summed E-state index contributed by atoms with van der Waals surface area (Å²) in [5.41, 5.74) is 3.84. The van der Waals surface area contributed by atoms with Crippen LogP contribution in [-0.4, -0.2) is 34.6 Å². The molecule has 1 N–H and O–H groups in total. The van der Waals surface area contributed by atoms with Gasteiger partial charge in [0, 0.05) is 18.3 Å². The number of hydrogen-bond acceptors (Lipinski definition) is 7. The van der Waals surface area contributed by atoms with Crippen LogP contribution < -0.4 is 5.32 Å². The van der Waals surface area contributed by atoms with Crippen LogP contribution in [0.15, 0.2) is 11.7 Å². The van der Waals surface area contributed by atoms with E-state index in [0.717, 1.165) is 29.1 Å².